The van der Waals surface area contributed by atoms with Crippen molar-refractivity contribution in [3.05, 3.63) is 73.5 Å². The molecule has 0 unspecified atom stereocenters. The first-order chi connectivity index (χ1) is 13.9. The van der Waals surface area contributed by atoms with E-state index in [1.54, 1.807) is 27.2 Å². The van der Waals surface area contributed by atoms with E-state index in [1.807, 2.05) is 63.4 Å². The number of aryl methyl sites for hydroxylation is 4. The van der Waals surface area contributed by atoms with Crippen molar-refractivity contribution in [2.75, 3.05) is 0 Å². The second-order valence-electron chi connectivity index (χ2n) is 7.19. The molecule has 0 radical (unpaired) electrons. The number of nitrogens with zero attached hydrogens (tertiary/aromatic N) is 2. The fourth-order valence-electron chi connectivity index (χ4n) is 3.54. The minimum Gasteiger partial charge on any atom is -0.292 e. The number of Topliss-reactive ketones (excluding diaryl/α,β-unsaturated/α-hetero) is 1. The third-order valence-corrected chi connectivity index (χ3v) is 7.17. The second-order valence-corrected chi connectivity index (χ2v) is 9.34. The molecule has 0 spiro atoms. The summed E-state index contributed by atoms with van der Waals surface area (Å²) in [7, 11) is 0. The van der Waals surface area contributed by atoms with Crippen LogP contribution >= 0.6 is 22.7 Å². The molecule has 6 heteroatoms. The summed E-state index contributed by atoms with van der Waals surface area (Å²) < 4.78 is 1.56. The van der Waals surface area contributed by atoms with Gasteiger partial charge in [0, 0.05) is 27.3 Å². The number of hydrogen-bond donors (Lipinski definition) is 0. The van der Waals surface area contributed by atoms with E-state index in [1.165, 1.54) is 0 Å². The Morgan fingerprint density at radius 2 is 1.93 bits per heavy atom. The molecule has 0 fully saturated rings. The van der Waals surface area contributed by atoms with Crippen molar-refractivity contribution >= 4 is 38.7 Å². The Morgan fingerprint density at radius 3 is 2.59 bits per heavy atom. The normalized spacial score (nSPS) is 11.3. The van der Waals surface area contributed by atoms with Gasteiger partial charge in [-0.25, -0.2) is 4.98 Å². The van der Waals surface area contributed by atoms with Crippen LogP contribution in [0.5, 0.6) is 0 Å². The summed E-state index contributed by atoms with van der Waals surface area (Å²) in [5.41, 5.74) is 3.66. The molecule has 0 amide bonds. The van der Waals surface area contributed by atoms with Gasteiger partial charge in [0.15, 0.2) is 5.78 Å². The van der Waals surface area contributed by atoms with E-state index in [4.69, 9.17) is 4.98 Å². The molecule has 0 aliphatic carbocycles. The molecule has 4 aromatic rings. The maximum absolute atomic E-state index is 13.5. The van der Waals surface area contributed by atoms with Crippen LogP contribution in [0.2, 0.25) is 0 Å². The maximum atomic E-state index is 13.5. The van der Waals surface area contributed by atoms with Crippen LogP contribution < -0.4 is 5.56 Å². The van der Waals surface area contributed by atoms with Crippen LogP contribution in [-0.4, -0.2) is 15.3 Å². The van der Waals surface area contributed by atoms with Crippen molar-refractivity contribution in [3.63, 3.8) is 0 Å². The fraction of sp³-hybridized carbons (Fsp3) is 0.261. The topological polar surface area (TPSA) is 52.0 Å². The predicted molar refractivity (Wildman–Crippen MR) is 122 cm³/mol. The monoisotopic (exact) mass is 422 g/mol. The number of hydrogen-bond acceptors (Lipinski definition) is 5. The summed E-state index contributed by atoms with van der Waals surface area (Å²) >= 11 is 3.16. The van der Waals surface area contributed by atoms with Crippen LogP contribution in [0, 0.1) is 20.8 Å². The first-order valence-electron chi connectivity index (χ1n) is 9.57. The van der Waals surface area contributed by atoms with Gasteiger partial charge in [-0.05, 0) is 49.4 Å². The Morgan fingerprint density at radius 1 is 1.14 bits per heavy atom. The summed E-state index contributed by atoms with van der Waals surface area (Å²) in [5.74, 6) is 0.578. The van der Waals surface area contributed by atoms with Crippen LogP contribution in [0.4, 0.5) is 0 Å². The van der Waals surface area contributed by atoms with Crippen LogP contribution in [-0.2, 0) is 13.0 Å². The largest absolute Gasteiger partial charge is 0.292 e. The molecule has 4 nitrogen and oxygen atoms in total. The van der Waals surface area contributed by atoms with E-state index < -0.39 is 0 Å². The van der Waals surface area contributed by atoms with Gasteiger partial charge in [0.05, 0.1) is 11.9 Å². The molecule has 3 aromatic heterocycles. The fourth-order valence-corrected chi connectivity index (χ4v) is 5.48. The zero-order valence-electron chi connectivity index (χ0n) is 16.9. The molecule has 3 heterocycles. The number of rotatable bonds is 5. The summed E-state index contributed by atoms with van der Waals surface area (Å²) in [4.78, 5) is 34.1. The minimum atomic E-state index is -0.128. The van der Waals surface area contributed by atoms with E-state index in [9.17, 15) is 9.59 Å². The number of carbonyl (C=O) groups is 1. The molecule has 0 aliphatic heterocycles. The van der Waals surface area contributed by atoms with Gasteiger partial charge in [-0.3, -0.25) is 14.2 Å². The zero-order valence-corrected chi connectivity index (χ0v) is 18.5. The van der Waals surface area contributed by atoms with E-state index in [0.717, 1.165) is 31.3 Å². The average molecular weight is 423 g/mol. The second kappa shape index (κ2) is 7.69. The molecule has 4 rings (SSSR count). The minimum absolute atomic E-state index is 0.00617. The highest BCUT2D eigenvalue weighted by Crippen LogP contribution is 2.38. The molecule has 0 saturated heterocycles. The number of carbonyl (C=O) groups excluding carboxylic acids is 1. The first-order valence-corrected chi connectivity index (χ1v) is 11.3. The van der Waals surface area contributed by atoms with Gasteiger partial charge in [-0.15, -0.1) is 22.7 Å². The predicted octanol–water partition coefficient (Wildman–Crippen LogP) is 5.56. The summed E-state index contributed by atoms with van der Waals surface area (Å²) in [6.07, 6.45) is 0.594. The lowest BCUT2D eigenvalue weighted by atomic mass is 10.0. The standard InChI is InChI=1S/C23H22N2O2S2/c1-5-19-24-22-21(20(15(4)29-22)18-7-6-10-28-18)23(27)25(19)12-17(26)16-9-8-13(2)14(3)11-16/h6-11H,5,12H2,1-4H3. The third-order valence-electron chi connectivity index (χ3n) is 5.28. The Kier molecular flexibility index (Phi) is 5.23. The van der Waals surface area contributed by atoms with Crippen LogP contribution in [0.15, 0.2) is 40.5 Å². The molecule has 0 aliphatic rings. The highest BCUT2D eigenvalue weighted by Gasteiger charge is 2.21. The van der Waals surface area contributed by atoms with Crippen molar-refractivity contribution in [2.24, 2.45) is 0 Å². The number of ketones is 1. The van der Waals surface area contributed by atoms with Crippen molar-refractivity contribution in [1.82, 2.24) is 9.55 Å². The van der Waals surface area contributed by atoms with Crippen LogP contribution in [0.3, 0.4) is 0 Å². The Bertz CT molecular complexity index is 1280. The Labute approximate surface area is 177 Å². The molecule has 0 atom stereocenters. The molecular formula is C23H22N2O2S2. The van der Waals surface area contributed by atoms with Gasteiger partial charge in [0.2, 0.25) is 0 Å². The highest BCUT2D eigenvalue weighted by atomic mass is 32.1. The van der Waals surface area contributed by atoms with E-state index in [2.05, 4.69) is 0 Å². The molecule has 148 valence electrons. The van der Waals surface area contributed by atoms with Crippen molar-refractivity contribution in [1.29, 1.82) is 0 Å². The molecule has 1 aromatic carbocycles. The molecule has 0 bridgehead atoms. The molecule has 0 saturated carbocycles. The summed E-state index contributed by atoms with van der Waals surface area (Å²) in [6, 6.07) is 9.69. The van der Waals surface area contributed by atoms with Crippen molar-refractivity contribution in [2.45, 2.75) is 40.7 Å². The number of aromatic nitrogens is 2. The Balaban J connectivity index is 1.86. The SMILES string of the molecule is CCc1nc2sc(C)c(-c3cccs3)c2c(=O)n1CC(=O)c1ccc(C)c(C)c1. The molecule has 0 N–H and O–H groups in total. The number of thiophene rings is 2. The van der Waals surface area contributed by atoms with Gasteiger partial charge >= 0.3 is 0 Å². The lowest BCUT2D eigenvalue weighted by Crippen LogP contribution is -2.28. The van der Waals surface area contributed by atoms with E-state index in [-0.39, 0.29) is 17.9 Å². The third kappa shape index (κ3) is 3.47. The van der Waals surface area contributed by atoms with Gasteiger partial charge in [0.1, 0.15) is 10.7 Å². The Hall–Kier alpha value is -2.57. The number of fused-ring (bicyclic) bond motifs is 1. The maximum Gasteiger partial charge on any atom is 0.263 e. The van der Waals surface area contributed by atoms with Crippen LogP contribution in [0.25, 0.3) is 20.7 Å². The summed E-state index contributed by atoms with van der Waals surface area (Å²) in [6.45, 7) is 8.01. The lowest BCUT2D eigenvalue weighted by Gasteiger charge is -2.12. The van der Waals surface area contributed by atoms with Gasteiger partial charge < -0.3 is 0 Å². The van der Waals surface area contributed by atoms with E-state index in [0.29, 0.717) is 23.2 Å². The van der Waals surface area contributed by atoms with Crippen molar-refractivity contribution < 1.29 is 4.79 Å². The average Bonchev–Trinajstić information content (AvgIpc) is 3.32. The molecular weight excluding hydrogens is 400 g/mol. The van der Waals surface area contributed by atoms with Gasteiger partial charge in [0.25, 0.3) is 5.56 Å². The van der Waals surface area contributed by atoms with Gasteiger partial charge in [-0.1, -0.05) is 25.1 Å². The number of benzene rings is 1. The summed E-state index contributed by atoms with van der Waals surface area (Å²) in [5, 5.41) is 2.63. The molecule has 29 heavy (non-hydrogen) atoms. The smallest absolute Gasteiger partial charge is 0.263 e. The highest BCUT2D eigenvalue weighted by molar-refractivity contribution is 7.20. The first kappa shape index (κ1) is 19.7. The lowest BCUT2D eigenvalue weighted by molar-refractivity contribution is 0.0969. The van der Waals surface area contributed by atoms with Crippen molar-refractivity contribution in [3.8, 4) is 10.4 Å². The zero-order chi connectivity index (χ0) is 20.7. The van der Waals surface area contributed by atoms with E-state index >= 15 is 0 Å². The van der Waals surface area contributed by atoms with Crippen LogP contribution in [0.1, 0.15) is 39.1 Å². The quantitative estimate of drug-likeness (QED) is 0.396. The van der Waals surface area contributed by atoms with Gasteiger partial charge in [-0.2, -0.15) is 0 Å².